The summed E-state index contributed by atoms with van der Waals surface area (Å²) in [5.74, 6) is 1.13. The quantitative estimate of drug-likeness (QED) is 0.297. The average molecular weight is 604 g/mol. The third kappa shape index (κ3) is 8.12. The van der Waals surface area contributed by atoms with Gasteiger partial charge in [0.15, 0.2) is 11.5 Å². The van der Waals surface area contributed by atoms with E-state index < -0.39 is 6.04 Å². The minimum Gasteiger partial charge on any atom is -0.490 e. The Balaban J connectivity index is 1.25. The molecule has 2 aromatic carbocycles. The molecular weight excluding hydrogens is 554 g/mol. The first kappa shape index (κ1) is 31.9. The highest BCUT2D eigenvalue weighted by Gasteiger charge is 2.29. The molecule has 0 bridgehead atoms. The number of likely N-dealkylation sites (tertiary alicyclic amines) is 2. The van der Waals surface area contributed by atoms with Gasteiger partial charge in [0.25, 0.3) is 0 Å². The number of para-hydroxylation sites is 1. The number of rotatable bonds is 13. The lowest BCUT2D eigenvalue weighted by atomic mass is 10.00. The van der Waals surface area contributed by atoms with Crippen LogP contribution in [0.1, 0.15) is 57.1 Å². The minimum atomic E-state index is -0.688. The van der Waals surface area contributed by atoms with Gasteiger partial charge in [-0.2, -0.15) is 0 Å². The Kier molecular flexibility index (Phi) is 11.2. The summed E-state index contributed by atoms with van der Waals surface area (Å²) >= 11 is 0. The van der Waals surface area contributed by atoms with Gasteiger partial charge in [-0.1, -0.05) is 30.7 Å². The smallest absolute Gasteiger partial charge is 0.245 e. The van der Waals surface area contributed by atoms with Gasteiger partial charge < -0.3 is 29.6 Å². The van der Waals surface area contributed by atoms with E-state index in [1.165, 1.54) is 32.4 Å². The molecule has 0 aliphatic carbocycles. The van der Waals surface area contributed by atoms with Gasteiger partial charge in [0.2, 0.25) is 11.8 Å². The topological polar surface area (TPSA) is 90.1 Å². The van der Waals surface area contributed by atoms with Gasteiger partial charge in [-0.3, -0.25) is 14.5 Å². The number of hydrogen-bond donors (Lipinski definition) is 2. The molecule has 2 aliphatic heterocycles. The van der Waals surface area contributed by atoms with E-state index in [2.05, 4.69) is 26.2 Å². The van der Waals surface area contributed by atoms with Crippen LogP contribution >= 0.6 is 0 Å². The van der Waals surface area contributed by atoms with Gasteiger partial charge in [-0.05, 0) is 81.9 Å². The molecule has 238 valence electrons. The number of carbonyl (C=O) groups excluding carboxylic acids is 2. The predicted molar refractivity (Wildman–Crippen MR) is 174 cm³/mol. The molecule has 1 aromatic heterocycles. The molecule has 3 heterocycles. The molecule has 44 heavy (non-hydrogen) atoms. The highest BCUT2D eigenvalue weighted by atomic mass is 16.5. The van der Waals surface area contributed by atoms with E-state index in [4.69, 9.17) is 9.47 Å². The normalized spacial score (nSPS) is 17.3. The number of aromatic nitrogens is 1. The maximum Gasteiger partial charge on any atom is 0.245 e. The molecule has 9 nitrogen and oxygen atoms in total. The van der Waals surface area contributed by atoms with Crippen molar-refractivity contribution in [3.05, 3.63) is 59.8 Å². The molecule has 0 radical (unpaired) electrons. The Morgan fingerprint density at radius 2 is 1.70 bits per heavy atom. The van der Waals surface area contributed by atoms with Crippen molar-refractivity contribution >= 4 is 22.7 Å². The molecule has 0 saturated carbocycles. The van der Waals surface area contributed by atoms with Crippen LogP contribution in [0.2, 0.25) is 0 Å². The van der Waals surface area contributed by atoms with E-state index in [1.54, 1.807) is 11.9 Å². The zero-order chi connectivity index (χ0) is 30.9. The van der Waals surface area contributed by atoms with E-state index in [0.717, 1.165) is 48.0 Å². The maximum atomic E-state index is 14.0. The Morgan fingerprint density at radius 3 is 2.45 bits per heavy atom. The van der Waals surface area contributed by atoms with Crippen LogP contribution < -0.4 is 14.8 Å². The second kappa shape index (κ2) is 15.4. The molecule has 1 atom stereocenters. The molecule has 2 aliphatic rings. The van der Waals surface area contributed by atoms with E-state index >= 15 is 0 Å². The average Bonchev–Trinajstić information content (AvgIpc) is 3.45. The fourth-order valence-corrected chi connectivity index (χ4v) is 6.70. The van der Waals surface area contributed by atoms with Crippen molar-refractivity contribution in [1.29, 1.82) is 0 Å². The number of piperidine rings is 2. The van der Waals surface area contributed by atoms with Crippen LogP contribution in [0.15, 0.2) is 48.7 Å². The summed E-state index contributed by atoms with van der Waals surface area (Å²) in [6.45, 7) is 9.88. The van der Waals surface area contributed by atoms with Crippen LogP contribution in [0.25, 0.3) is 10.9 Å². The summed E-state index contributed by atoms with van der Waals surface area (Å²) in [4.78, 5) is 37.3. The number of H-pyrrole nitrogens is 1. The summed E-state index contributed by atoms with van der Waals surface area (Å²) < 4.78 is 11.5. The van der Waals surface area contributed by atoms with Gasteiger partial charge in [0, 0.05) is 56.2 Å². The first-order valence-corrected chi connectivity index (χ1v) is 16.4. The molecule has 5 rings (SSSR count). The number of ether oxygens (including phenoxy) is 2. The van der Waals surface area contributed by atoms with E-state index in [-0.39, 0.29) is 11.8 Å². The highest BCUT2D eigenvalue weighted by Crippen LogP contribution is 2.29. The summed E-state index contributed by atoms with van der Waals surface area (Å²) in [6, 6.07) is 13.8. The molecule has 1 unspecified atom stereocenters. The van der Waals surface area contributed by atoms with Crippen molar-refractivity contribution in [2.75, 3.05) is 53.0 Å². The fourth-order valence-electron chi connectivity index (χ4n) is 6.70. The van der Waals surface area contributed by atoms with Crippen LogP contribution in [-0.2, 0) is 22.6 Å². The summed E-state index contributed by atoms with van der Waals surface area (Å²) in [7, 11) is 1.79. The molecule has 2 saturated heterocycles. The maximum absolute atomic E-state index is 14.0. The van der Waals surface area contributed by atoms with E-state index in [0.29, 0.717) is 50.3 Å². The SMILES string of the molecule is CCOc1ccc(CN(C)C(=O)C(Cc2c[nH]c3ccccc23)NC(=O)CN2CCC(N3CCCCC3)CC2)cc1OCC. The van der Waals surface area contributed by atoms with Gasteiger partial charge in [-0.25, -0.2) is 0 Å². The van der Waals surface area contributed by atoms with Crippen molar-refractivity contribution in [1.82, 2.24) is 25.0 Å². The van der Waals surface area contributed by atoms with Crippen molar-refractivity contribution in [3.8, 4) is 11.5 Å². The van der Waals surface area contributed by atoms with Gasteiger partial charge >= 0.3 is 0 Å². The van der Waals surface area contributed by atoms with Crippen LogP contribution in [0.5, 0.6) is 11.5 Å². The van der Waals surface area contributed by atoms with E-state index in [1.807, 2.05) is 56.4 Å². The molecule has 3 aromatic rings. The Bertz CT molecular complexity index is 1380. The zero-order valence-electron chi connectivity index (χ0n) is 26.6. The second-order valence-corrected chi connectivity index (χ2v) is 12.1. The number of aromatic amines is 1. The Hall–Kier alpha value is -3.56. The summed E-state index contributed by atoms with van der Waals surface area (Å²) in [5, 5.41) is 4.19. The lowest BCUT2D eigenvalue weighted by Gasteiger charge is -2.40. The summed E-state index contributed by atoms with van der Waals surface area (Å²) in [5.41, 5.74) is 2.96. The van der Waals surface area contributed by atoms with Crippen molar-refractivity contribution in [2.45, 2.75) is 71.0 Å². The fraction of sp³-hybridized carbons (Fsp3) is 0.543. The Morgan fingerprint density at radius 1 is 0.977 bits per heavy atom. The zero-order valence-corrected chi connectivity index (χ0v) is 26.6. The molecule has 9 heteroatoms. The molecule has 2 N–H and O–H groups in total. The largest absolute Gasteiger partial charge is 0.490 e. The number of amides is 2. The van der Waals surface area contributed by atoms with Crippen LogP contribution in [0.3, 0.4) is 0 Å². The number of fused-ring (bicyclic) bond motifs is 1. The van der Waals surface area contributed by atoms with Gasteiger partial charge in [0.05, 0.1) is 19.8 Å². The Labute approximate surface area is 261 Å². The van der Waals surface area contributed by atoms with Crippen LogP contribution in [0, 0.1) is 0 Å². The van der Waals surface area contributed by atoms with E-state index in [9.17, 15) is 9.59 Å². The number of hydrogen-bond acceptors (Lipinski definition) is 6. The molecule has 2 amide bonds. The minimum absolute atomic E-state index is 0.104. The lowest BCUT2D eigenvalue weighted by molar-refractivity contribution is -0.136. The molecule has 2 fully saturated rings. The first-order chi connectivity index (χ1) is 21.4. The third-order valence-corrected chi connectivity index (χ3v) is 8.97. The van der Waals surface area contributed by atoms with Crippen LogP contribution in [-0.4, -0.2) is 96.6 Å². The van der Waals surface area contributed by atoms with Crippen LogP contribution in [0.4, 0.5) is 0 Å². The van der Waals surface area contributed by atoms with Crippen molar-refractivity contribution < 1.29 is 19.1 Å². The number of likely N-dealkylation sites (N-methyl/N-ethyl adjacent to an activating group) is 1. The van der Waals surface area contributed by atoms with Gasteiger partial charge in [-0.15, -0.1) is 0 Å². The first-order valence-electron chi connectivity index (χ1n) is 16.4. The number of nitrogens with zero attached hydrogens (tertiary/aromatic N) is 3. The third-order valence-electron chi connectivity index (χ3n) is 8.97. The number of nitrogens with one attached hydrogen (secondary N) is 2. The standard InChI is InChI=1S/C35H49N5O4/c1-4-43-32-14-13-26(21-33(32)44-5-2)24-38(3)35(42)31(22-27-23-36-30-12-8-7-11-29(27)30)37-34(41)25-39-19-15-28(16-20-39)40-17-9-6-10-18-40/h7-8,11-14,21,23,28,31,36H,4-6,9-10,15-20,22,24-25H2,1-3H3,(H,37,41). The lowest BCUT2D eigenvalue weighted by Crippen LogP contribution is -2.52. The number of benzene rings is 2. The summed E-state index contributed by atoms with van der Waals surface area (Å²) in [6.07, 6.45) is 8.49. The predicted octanol–water partition coefficient (Wildman–Crippen LogP) is 4.60. The molecular formula is C35H49N5O4. The molecule has 0 spiro atoms. The highest BCUT2D eigenvalue weighted by molar-refractivity contribution is 5.90. The van der Waals surface area contributed by atoms with Crippen molar-refractivity contribution in [3.63, 3.8) is 0 Å². The second-order valence-electron chi connectivity index (χ2n) is 12.1. The van der Waals surface area contributed by atoms with Crippen molar-refractivity contribution in [2.24, 2.45) is 0 Å². The van der Waals surface area contributed by atoms with Gasteiger partial charge in [0.1, 0.15) is 6.04 Å². The number of carbonyl (C=O) groups is 2. The monoisotopic (exact) mass is 603 g/mol.